The Morgan fingerprint density at radius 3 is 2.53 bits per heavy atom. The highest BCUT2D eigenvalue weighted by atomic mass is 35.5. The molecule has 3 atom stereocenters. The zero-order valence-electron chi connectivity index (χ0n) is 11.2. The quantitative estimate of drug-likeness (QED) is 0.865. The topological polar surface area (TPSA) is 43.1 Å². The Morgan fingerprint density at radius 2 is 1.84 bits per heavy atom. The van der Waals surface area contributed by atoms with Gasteiger partial charge in [-0.2, -0.15) is 0 Å². The average Bonchev–Trinajstić information content (AvgIpc) is 2.66. The molecular weight excluding hydrogens is 278 g/mol. The Labute approximate surface area is 123 Å². The first-order valence-corrected chi connectivity index (χ1v) is 8.78. The second-order valence-electron chi connectivity index (χ2n) is 5.32. The van der Waals surface area contributed by atoms with E-state index in [4.69, 9.17) is 17.3 Å². The van der Waals surface area contributed by atoms with Crippen molar-refractivity contribution >= 4 is 22.4 Å². The fraction of sp³-hybridized carbons (Fsp3) is 0.600. The van der Waals surface area contributed by atoms with Gasteiger partial charge in [0.1, 0.15) is 0 Å². The van der Waals surface area contributed by atoms with Crippen LogP contribution in [0.4, 0.5) is 0 Å². The maximum absolute atomic E-state index is 12.6. The van der Waals surface area contributed by atoms with E-state index in [2.05, 4.69) is 0 Å². The first-order valence-electron chi connectivity index (χ1n) is 7.02. The van der Waals surface area contributed by atoms with Crippen LogP contribution in [0.1, 0.15) is 37.7 Å². The minimum atomic E-state index is -0.828. The standard InChI is InChI=1S/C15H22ClNOS/c16-14-8-6-12(7-9-14)11-19(18)15-5-3-1-2-4-13(15)10-17/h6-9,13,15H,1-5,10-11,17H2. The van der Waals surface area contributed by atoms with Gasteiger partial charge in [0.15, 0.2) is 0 Å². The van der Waals surface area contributed by atoms with E-state index in [1.54, 1.807) is 0 Å². The highest BCUT2D eigenvalue weighted by Gasteiger charge is 2.27. The van der Waals surface area contributed by atoms with Crippen LogP contribution in [0.5, 0.6) is 0 Å². The Hall–Kier alpha value is -0.380. The van der Waals surface area contributed by atoms with E-state index in [9.17, 15) is 4.21 Å². The molecule has 2 nitrogen and oxygen atoms in total. The van der Waals surface area contributed by atoms with Crippen LogP contribution in [0.25, 0.3) is 0 Å². The summed E-state index contributed by atoms with van der Waals surface area (Å²) in [6.07, 6.45) is 5.87. The van der Waals surface area contributed by atoms with Crippen molar-refractivity contribution in [3.63, 3.8) is 0 Å². The van der Waals surface area contributed by atoms with Gasteiger partial charge in [-0.25, -0.2) is 0 Å². The third kappa shape index (κ3) is 4.30. The van der Waals surface area contributed by atoms with E-state index in [-0.39, 0.29) is 5.25 Å². The van der Waals surface area contributed by atoms with Crippen LogP contribution < -0.4 is 5.73 Å². The molecule has 106 valence electrons. The summed E-state index contributed by atoms with van der Waals surface area (Å²) in [4.78, 5) is 0. The molecule has 0 aliphatic heterocycles. The van der Waals surface area contributed by atoms with E-state index in [0.29, 0.717) is 18.2 Å². The molecule has 0 bridgehead atoms. The van der Waals surface area contributed by atoms with Gasteiger partial charge < -0.3 is 5.73 Å². The van der Waals surface area contributed by atoms with E-state index >= 15 is 0 Å². The lowest BCUT2D eigenvalue weighted by Gasteiger charge is -2.23. The predicted octanol–water partition coefficient (Wildman–Crippen LogP) is 3.50. The van der Waals surface area contributed by atoms with Crippen LogP contribution in [0.3, 0.4) is 0 Å². The number of benzene rings is 1. The molecule has 1 aliphatic rings. The van der Waals surface area contributed by atoms with Gasteiger partial charge in [-0.1, -0.05) is 43.0 Å². The molecule has 19 heavy (non-hydrogen) atoms. The fourth-order valence-electron chi connectivity index (χ4n) is 2.82. The number of hydrogen-bond donors (Lipinski definition) is 1. The van der Waals surface area contributed by atoms with Crippen molar-refractivity contribution < 1.29 is 4.21 Å². The van der Waals surface area contributed by atoms with Crippen molar-refractivity contribution in [2.24, 2.45) is 11.7 Å². The molecule has 1 saturated carbocycles. The molecule has 0 spiro atoms. The number of halogens is 1. The van der Waals surface area contributed by atoms with Crippen LogP contribution in [0.15, 0.2) is 24.3 Å². The smallest absolute Gasteiger partial charge is 0.0488 e. The molecule has 0 saturated heterocycles. The van der Waals surface area contributed by atoms with Crippen molar-refractivity contribution in [1.29, 1.82) is 0 Å². The highest BCUT2D eigenvalue weighted by molar-refractivity contribution is 7.84. The van der Waals surface area contributed by atoms with Gasteiger partial charge in [0, 0.05) is 26.8 Å². The van der Waals surface area contributed by atoms with E-state index in [1.807, 2.05) is 24.3 Å². The van der Waals surface area contributed by atoms with Crippen molar-refractivity contribution in [2.75, 3.05) is 6.54 Å². The fourth-order valence-corrected chi connectivity index (χ4v) is 4.79. The highest BCUT2D eigenvalue weighted by Crippen LogP contribution is 2.28. The molecule has 2 N–H and O–H groups in total. The second kappa shape index (κ2) is 7.41. The maximum atomic E-state index is 12.6. The van der Waals surface area contributed by atoms with E-state index in [0.717, 1.165) is 23.4 Å². The second-order valence-corrected chi connectivity index (χ2v) is 7.42. The average molecular weight is 300 g/mol. The molecule has 0 aromatic heterocycles. The lowest BCUT2D eigenvalue weighted by molar-refractivity contribution is 0.473. The number of rotatable bonds is 4. The summed E-state index contributed by atoms with van der Waals surface area (Å²) in [7, 11) is -0.828. The normalized spacial score (nSPS) is 25.8. The molecule has 4 heteroatoms. The van der Waals surface area contributed by atoms with Crippen LogP contribution in [0.2, 0.25) is 5.02 Å². The SMILES string of the molecule is NCC1CCCCCC1S(=O)Cc1ccc(Cl)cc1. The van der Waals surface area contributed by atoms with Crippen molar-refractivity contribution in [1.82, 2.24) is 0 Å². The molecule has 1 aliphatic carbocycles. The Balaban J connectivity index is 2.02. The van der Waals surface area contributed by atoms with E-state index in [1.165, 1.54) is 19.3 Å². The third-order valence-electron chi connectivity index (χ3n) is 3.95. The van der Waals surface area contributed by atoms with Crippen LogP contribution in [0, 0.1) is 5.92 Å². The number of hydrogen-bond acceptors (Lipinski definition) is 2. The predicted molar refractivity (Wildman–Crippen MR) is 82.7 cm³/mol. The molecular formula is C15H22ClNOS. The summed E-state index contributed by atoms with van der Waals surface area (Å²) in [5.74, 6) is 1.05. The molecule has 0 heterocycles. The Bertz CT molecular complexity index is 421. The summed E-state index contributed by atoms with van der Waals surface area (Å²) in [6.45, 7) is 0.664. The van der Waals surface area contributed by atoms with Gasteiger partial charge >= 0.3 is 0 Å². The summed E-state index contributed by atoms with van der Waals surface area (Å²) in [6, 6.07) is 7.66. The van der Waals surface area contributed by atoms with Gasteiger partial charge in [0.05, 0.1) is 0 Å². The van der Waals surface area contributed by atoms with Crippen LogP contribution >= 0.6 is 11.6 Å². The minimum Gasteiger partial charge on any atom is -0.330 e. The summed E-state index contributed by atoms with van der Waals surface area (Å²) >= 11 is 5.87. The van der Waals surface area contributed by atoms with Gasteiger partial charge in [-0.3, -0.25) is 4.21 Å². The maximum Gasteiger partial charge on any atom is 0.0488 e. The molecule has 0 amide bonds. The monoisotopic (exact) mass is 299 g/mol. The van der Waals surface area contributed by atoms with Crippen molar-refractivity contribution in [3.05, 3.63) is 34.9 Å². The molecule has 0 radical (unpaired) electrons. The van der Waals surface area contributed by atoms with Gasteiger partial charge in [-0.15, -0.1) is 0 Å². The molecule has 2 rings (SSSR count). The zero-order valence-corrected chi connectivity index (χ0v) is 12.8. The van der Waals surface area contributed by atoms with Gasteiger partial charge in [0.2, 0.25) is 0 Å². The molecule has 1 aromatic carbocycles. The van der Waals surface area contributed by atoms with Crippen LogP contribution in [-0.4, -0.2) is 16.0 Å². The number of nitrogens with two attached hydrogens (primary N) is 1. The summed E-state index contributed by atoms with van der Waals surface area (Å²) in [5, 5.41) is 0.993. The third-order valence-corrected chi connectivity index (χ3v) is 6.12. The first kappa shape index (κ1) is 15.0. The van der Waals surface area contributed by atoms with E-state index < -0.39 is 10.8 Å². The summed E-state index contributed by atoms with van der Waals surface area (Å²) < 4.78 is 12.6. The van der Waals surface area contributed by atoms with Gasteiger partial charge in [0.25, 0.3) is 0 Å². The lowest BCUT2D eigenvalue weighted by Crippen LogP contribution is -2.31. The molecule has 3 unspecified atom stereocenters. The molecule has 1 aromatic rings. The van der Waals surface area contributed by atoms with Crippen LogP contribution in [-0.2, 0) is 16.6 Å². The van der Waals surface area contributed by atoms with Crippen molar-refractivity contribution in [3.8, 4) is 0 Å². The van der Waals surface area contributed by atoms with Gasteiger partial charge in [-0.05, 0) is 43.0 Å². The summed E-state index contributed by atoms with van der Waals surface area (Å²) in [5.41, 5.74) is 6.96. The lowest BCUT2D eigenvalue weighted by atomic mass is 10.0. The minimum absolute atomic E-state index is 0.267. The Morgan fingerprint density at radius 1 is 1.16 bits per heavy atom. The van der Waals surface area contributed by atoms with Crippen molar-refractivity contribution in [2.45, 2.75) is 43.1 Å². The Kier molecular flexibility index (Phi) is 5.86. The zero-order chi connectivity index (χ0) is 13.7. The molecule has 1 fully saturated rings. The largest absolute Gasteiger partial charge is 0.330 e. The first-order chi connectivity index (χ1) is 9.20.